The standard InChI is InChI=1S/C12H16N2O3/c13-12(15)14(16)8-10-6-7-11(17-10)9-4-2-1-3-5-9/h1-5,10-11,16H,6-8H2,(H2,13,15). The predicted octanol–water partition coefficient (Wildman–Crippen LogP) is 1.68. The molecule has 17 heavy (non-hydrogen) atoms. The minimum absolute atomic E-state index is 0.0440. The highest BCUT2D eigenvalue weighted by atomic mass is 16.5. The molecule has 2 unspecified atom stereocenters. The number of urea groups is 1. The molecule has 2 atom stereocenters. The molecule has 2 amide bonds. The molecule has 1 aromatic carbocycles. The number of carbonyl (C=O) groups is 1. The Morgan fingerprint density at radius 1 is 1.41 bits per heavy atom. The Balaban J connectivity index is 1.90. The van der Waals surface area contributed by atoms with Gasteiger partial charge >= 0.3 is 6.03 Å². The van der Waals surface area contributed by atoms with Crippen molar-refractivity contribution in [3.8, 4) is 0 Å². The van der Waals surface area contributed by atoms with Gasteiger partial charge in [0.25, 0.3) is 0 Å². The summed E-state index contributed by atoms with van der Waals surface area (Å²) in [5.41, 5.74) is 6.06. The van der Waals surface area contributed by atoms with Gasteiger partial charge in [0.05, 0.1) is 18.8 Å². The molecular formula is C12H16N2O3. The quantitative estimate of drug-likeness (QED) is 0.619. The molecular weight excluding hydrogens is 220 g/mol. The number of hydrogen-bond donors (Lipinski definition) is 2. The summed E-state index contributed by atoms with van der Waals surface area (Å²) in [5, 5.41) is 9.72. The van der Waals surface area contributed by atoms with E-state index in [-0.39, 0.29) is 18.8 Å². The van der Waals surface area contributed by atoms with Crippen molar-refractivity contribution >= 4 is 6.03 Å². The van der Waals surface area contributed by atoms with Crippen LogP contribution >= 0.6 is 0 Å². The molecule has 3 N–H and O–H groups in total. The number of hydroxylamine groups is 2. The first-order valence-corrected chi connectivity index (χ1v) is 5.63. The van der Waals surface area contributed by atoms with E-state index in [2.05, 4.69) is 0 Å². The fraction of sp³-hybridized carbons (Fsp3) is 0.417. The highest BCUT2D eigenvalue weighted by Gasteiger charge is 2.28. The Hall–Kier alpha value is -1.59. The summed E-state index contributed by atoms with van der Waals surface area (Å²) in [5.74, 6) is 0. The maximum absolute atomic E-state index is 10.7. The van der Waals surface area contributed by atoms with Gasteiger partial charge in [-0.15, -0.1) is 0 Å². The van der Waals surface area contributed by atoms with Gasteiger partial charge in [-0.1, -0.05) is 30.3 Å². The van der Waals surface area contributed by atoms with Gasteiger partial charge < -0.3 is 10.5 Å². The summed E-state index contributed by atoms with van der Waals surface area (Å²) < 4.78 is 5.76. The van der Waals surface area contributed by atoms with E-state index in [0.717, 1.165) is 18.4 Å². The lowest BCUT2D eigenvalue weighted by molar-refractivity contribution is -0.0788. The molecule has 1 saturated heterocycles. The van der Waals surface area contributed by atoms with Crippen molar-refractivity contribution in [2.45, 2.75) is 25.0 Å². The SMILES string of the molecule is NC(=O)N(O)CC1CCC(c2ccccc2)O1. The smallest absolute Gasteiger partial charge is 0.338 e. The highest BCUT2D eigenvalue weighted by molar-refractivity contribution is 5.70. The van der Waals surface area contributed by atoms with Crippen molar-refractivity contribution in [1.29, 1.82) is 0 Å². The molecule has 0 aromatic heterocycles. The molecule has 0 spiro atoms. The Morgan fingerprint density at radius 2 is 2.12 bits per heavy atom. The average molecular weight is 236 g/mol. The zero-order valence-electron chi connectivity index (χ0n) is 9.45. The van der Waals surface area contributed by atoms with Crippen LogP contribution in [0.2, 0.25) is 0 Å². The first kappa shape index (κ1) is 11.9. The summed E-state index contributed by atoms with van der Waals surface area (Å²) in [6.45, 7) is 0.124. The van der Waals surface area contributed by atoms with Crippen molar-refractivity contribution < 1.29 is 14.7 Å². The Labute approximate surface area is 99.7 Å². The molecule has 1 aliphatic rings. The predicted molar refractivity (Wildman–Crippen MR) is 61.4 cm³/mol. The van der Waals surface area contributed by atoms with Crippen molar-refractivity contribution in [3.05, 3.63) is 35.9 Å². The van der Waals surface area contributed by atoms with Crippen molar-refractivity contribution in [2.75, 3.05) is 6.54 Å². The second-order valence-corrected chi connectivity index (χ2v) is 4.16. The fourth-order valence-electron chi connectivity index (χ4n) is 2.04. The number of primary amides is 1. The van der Waals surface area contributed by atoms with Crippen LogP contribution in [0.4, 0.5) is 4.79 Å². The van der Waals surface area contributed by atoms with Crippen molar-refractivity contribution in [2.24, 2.45) is 5.73 Å². The summed E-state index contributed by atoms with van der Waals surface area (Å²) in [7, 11) is 0. The number of nitrogens with two attached hydrogens (primary N) is 1. The number of carbonyl (C=O) groups excluding carboxylic acids is 1. The first-order chi connectivity index (χ1) is 8.16. The Bertz CT molecular complexity index is 383. The second kappa shape index (κ2) is 5.16. The number of rotatable bonds is 3. The van der Waals surface area contributed by atoms with Gasteiger partial charge in [0, 0.05) is 0 Å². The Kier molecular flexibility index (Phi) is 3.61. The first-order valence-electron chi connectivity index (χ1n) is 5.63. The monoisotopic (exact) mass is 236 g/mol. The van der Waals surface area contributed by atoms with Crippen LogP contribution in [0.25, 0.3) is 0 Å². The lowest BCUT2D eigenvalue weighted by Gasteiger charge is -2.18. The number of hydrogen-bond acceptors (Lipinski definition) is 3. The topological polar surface area (TPSA) is 75.8 Å². The van der Waals surface area contributed by atoms with Crippen LogP contribution in [0.1, 0.15) is 24.5 Å². The molecule has 2 rings (SSSR count). The molecule has 0 radical (unpaired) electrons. The molecule has 92 valence electrons. The normalized spacial score (nSPS) is 23.6. The lowest BCUT2D eigenvalue weighted by Crippen LogP contribution is -2.38. The number of benzene rings is 1. The maximum Gasteiger partial charge on any atom is 0.338 e. The van der Waals surface area contributed by atoms with Gasteiger partial charge in [-0.05, 0) is 18.4 Å². The van der Waals surface area contributed by atoms with E-state index in [0.29, 0.717) is 5.06 Å². The minimum atomic E-state index is -0.850. The third kappa shape index (κ3) is 2.95. The average Bonchev–Trinajstić information content (AvgIpc) is 2.78. The zero-order chi connectivity index (χ0) is 12.3. The van der Waals surface area contributed by atoms with Crippen LogP contribution in [0, 0.1) is 0 Å². The third-order valence-corrected chi connectivity index (χ3v) is 2.91. The minimum Gasteiger partial charge on any atom is -0.368 e. The van der Waals surface area contributed by atoms with E-state index in [9.17, 15) is 10.0 Å². The molecule has 1 aromatic rings. The lowest BCUT2D eigenvalue weighted by atomic mass is 10.1. The van der Waals surface area contributed by atoms with Crippen LogP contribution in [-0.4, -0.2) is 29.0 Å². The number of nitrogens with zero attached hydrogens (tertiary/aromatic N) is 1. The molecule has 5 heteroatoms. The molecule has 5 nitrogen and oxygen atoms in total. The van der Waals surface area contributed by atoms with Crippen LogP contribution in [0.15, 0.2) is 30.3 Å². The van der Waals surface area contributed by atoms with E-state index in [1.807, 2.05) is 30.3 Å². The van der Waals surface area contributed by atoms with Crippen molar-refractivity contribution in [1.82, 2.24) is 5.06 Å². The van der Waals surface area contributed by atoms with Gasteiger partial charge in [0.2, 0.25) is 0 Å². The maximum atomic E-state index is 10.7. The highest BCUT2D eigenvalue weighted by Crippen LogP contribution is 2.32. The Morgan fingerprint density at radius 3 is 2.76 bits per heavy atom. The third-order valence-electron chi connectivity index (χ3n) is 2.91. The zero-order valence-corrected chi connectivity index (χ0v) is 9.45. The van der Waals surface area contributed by atoms with E-state index >= 15 is 0 Å². The summed E-state index contributed by atoms with van der Waals surface area (Å²) >= 11 is 0. The summed E-state index contributed by atoms with van der Waals surface area (Å²) in [4.78, 5) is 10.7. The molecule has 0 bridgehead atoms. The molecule has 0 aliphatic carbocycles. The van der Waals surface area contributed by atoms with E-state index in [1.54, 1.807) is 0 Å². The number of amides is 2. The molecule has 1 fully saturated rings. The largest absolute Gasteiger partial charge is 0.368 e. The molecule has 0 saturated carbocycles. The van der Waals surface area contributed by atoms with E-state index < -0.39 is 6.03 Å². The van der Waals surface area contributed by atoms with Crippen LogP contribution < -0.4 is 5.73 Å². The van der Waals surface area contributed by atoms with E-state index in [4.69, 9.17) is 10.5 Å². The van der Waals surface area contributed by atoms with Crippen molar-refractivity contribution in [3.63, 3.8) is 0 Å². The molecule has 1 aliphatic heterocycles. The van der Waals surface area contributed by atoms with Gasteiger partial charge in [-0.3, -0.25) is 5.21 Å². The second-order valence-electron chi connectivity index (χ2n) is 4.16. The molecule has 1 heterocycles. The summed E-state index contributed by atoms with van der Waals surface area (Å²) in [6, 6.07) is 9.06. The van der Waals surface area contributed by atoms with Crippen LogP contribution in [0.3, 0.4) is 0 Å². The van der Waals surface area contributed by atoms with Gasteiger partial charge in [-0.2, -0.15) is 0 Å². The van der Waals surface area contributed by atoms with Gasteiger partial charge in [0.15, 0.2) is 0 Å². The number of ether oxygens (including phenoxy) is 1. The fourth-order valence-corrected chi connectivity index (χ4v) is 2.04. The van der Waals surface area contributed by atoms with Gasteiger partial charge in [-0.25, -0.2) is 9.86 Å². The van der Waals surface area contributed by atoms with E-state index in [1.165, 1.54) is 0 Å². The van der Waals surface area contributed by atoms with Crippen LogP contribution in [0.5, 0.6) is 0 Å². The summed E-state index contributed by atoms with van der Waals surface area (Å²) in [6.07, 6.45) is 1.59. The van der Waals surface area contributed by atoms with Crippen LogP contribution in [-0.2, 0) is 4.74 Å². The van der Waals surface area contributed by atoms with Gasteiger partial charge in [0.1, 0.15) is 0 Å².